The van der Waals surface area contributed by atoms with Crippen LogP contribution in [0.15, 0.2) is 24.4 Å². The maximum absolute atomic E-state index is 13.7. The van der Waals surface area contributed by atoms with E-state index in [1.165, 1.54) is 28.3 Å². The molecule has 5 rings (SSSR count). The zero-order chi connectivity index (χ0) is 25.0. The van der Waals surface area contributed by atoms with Gasteiger partial charge in [-0.25, -0.2) is 14.2 Å². The molecule has 1 unspecified atom stereocenters. The van der Waals surface area contributed by atoms with Crippen LogP contribution in [0.25, 0.3) is 10.7 Å². The van der Waals surface area contributed by atoms with E-state index >= 15 is 0 Å². The molecule has 0 radical (unpaired) electrons. The number of carbonyl (C=O) groups is 1. The first-order chi connectivity index (χ1) is 16.5. The monoisotopic (exact) mass is 519 g/mol. The van der Waals surface area contributed by atoms with E-state index in [4.69, 9.17) is 11.6 Å². The Bertz CT molecular complexity index is 1240. The molecule has 0 bridgehead atoms. The van der Waals surface area contributed by atoms with E-state index in [2.05, 4.69) is 30.2 Å². The molecule has 1 aromatic carbocycles. The van der Waals surface area contributed by atoms with Crippen LogP contribution in [-0.2, 0) is 4.79 Å². The predicted molar refractivity (Wildman–Crippen MR) is 133 cm³/mol. The minimum Gasteiger partial charge on any atom is -0.480 e. The lowest BCUT2D eigenvalue weighted by molar-refractivity contribution is -0.145. The van der Waals surface area contributed by atoms with Crippen LogP contribution in [0.4, 0.5) is 15.2 Å². The molecule has 4 heterocycles. The molecule has 0 amide bonds. The molecule has 1 atom stereocenters. The number of carboxylic acid groups (broad SMARTS) is 1. The van der Waals surface area contributed by atoms with E-state index in [0.717, 1.165) is 54.7 Å². The number of nitrogens with zero attached hydrogens (tertiary/aromatic N) is 7. The van der Waals surface area contributed by atoms with Gasteiger partial charge in [-0.15, -0.1) is 15.0 Å². The Morgan fingerprint density at radius 2 is 1.94 bits per heavy atom. The Balaban J connectivity index is 1.22. The second-order valence-corrected chi connectivity index (χ2v) is 11.9. The Kier molecular flexibility index (Phi) is 5.95. The number of hydrogen-bond acceptors (Lipinski definition) is 8. The van der Waals surface area contributed by atoms with Crippen LogP contribution < -0.4 is 9.80 Å². The first-order valence-electron chi connectivity index (χ1n) is 11.5. The van der Waals surface area contributed by atoms with Crippen LogP contribution in [0.2, 0.25) is 5.02 Å². The number of hydrogen-bond donors (Lipinski definition) is 1. The van der Waals surface area contributed by atoms with Crippen molar-refractivity contribution in [3.63, 3.8) is 0 Å². The third-order valence-electron chi connectivity index (χ3n) is 6.82. The molecule has 186 valence electrons. The van der Waals surface area contributed by atoms with E-state index in [9.17, 15) is 14.3 Å². The molecule has 9 nitrogen and oxygen atoms in total. The summed E-state index contributed by atoms with van der Waals surface area (Å²) < 4.78 is 13.7. The smallest absolute Gasteiger partial charge is 0.331 e. The van der Waals surface area contributed by atoms with Crippen molar-refractivity contribution in [2.75, 3.05) is 36.0 Å². The summed E-state index contributed by atoms with van der Waals surface area (Å²) in [6.07, 6.45) is 3.76. The van der Waals surface area contributed by atoms with Crippen LogP contribution in [0.5, 0.6) is 0 Å². The fourth-order valence-corrected chi connectivity index (χ4v) is 6.04. The highest BCUT2D eigenvalue weighted by Crippen LogP contribution is 2.45. The topological polar surface area (TPSA) is 100 Å². The average Bonchev–Trinajstić information content (AvgIpc) is 3.43. The number of rotatable bonds is 5. The highest BCUT2D eigenvalue weighted by atomic mass is 35.5. The van der Waals surface area contributed by atoms with Gasteiger partial charge in [-0.2, -0.15) is 0 Å². The van der Waals surface area contributed by atoms with Gasteiger partial charge in [0.1, 0.15) is 5.82 Å². The van der Waals surface area contributed by atoms with Crippen molar-refractivity contribution in [1.82, 2.24) is 25.2 Å². The van der Waals surface area contributed by atoms with E-state index < -0.39 is 17.4 Å². The van der Waals surface area contributed by atoms with Crippen molar-refractivity contribution in [2.24, 2.45) is 10.8 Å². The molecule has 0 aliphatic carbocycles. The van der Waals surface area contributed by atoms with Crippen LogP contribution >= 0.6 is 22.9 Å². The zero-order valence-electron chi connectivity index (χ0n) is 19.8. The first-order valence-corrected chi connectivity index (χ1v) is 12.7. The number of halogens is 2. The lowest BCUT2D eigenvalue weighted by atomic mass is 9.72. The Morgan fingerprint density at radius 1 is 1.23 bits per heavy atom. The lowest BCUT2D eigenvalue weighted by Crippen LogP contribution is -2.60. The normalized spacial score (nSPS) is 18.5. The third-order valence-corrected chi connectivity index (χ3v) is 8.20. The molecule has 2 aliphatic rings. The number of carboxylic acids is 1. The highest BCUT2D eigenvalue weighted by Gasteiger charge is 2.45. The molecule has 2 aliphatic heterocycles. The van der Waals surface area contributed by atoms with Gasteiger partial charge in [-0.1, -0.05) is 43.7 Å². The number of aromatic nitrogens is 5. The Labute approximate surface area is 211 Å². The average molecular weight is 520 g/mol. The summed E-state index contributed by atoms with van der Waals surface area (Å²) >= 11 is 7.75. The third kappa shape index (κ3) is 4.58. The van der Waals surface area contributed by atoms with Crippen LogP contribution in [0.1, 0.15) is 39.7 Å². The summed E-state index contributed by atoms with van der Waals surface area (Å²) in [5.74, 6) is -0.895. The second-order valence-electron chi connectivity index (χ2n) is 10.5. The van der Waals surface area contributed by atoms with Gasteiger partial charge in [0.05, 0.1) is 21.8 Å². The minimum absolute atomic E-state index is 0.218. The van der Waals surface area contributed by atoms with Crippen LogP contribution in [-0.4, -0.2) is 62.4 Å². The van der Waals surface area contributed by atoms with Crippen molar-refractivity contribution in [1.29, 1.82) is 0 Å². The molecule has 1 spiro atoms. The molecule has 1 N–H and O–H groups in total. The maximum Gasteiger partial charge on any atom is 0.331 e. The van der Waals surface area contributed by atoms with Crippen molar-refractivity contribution >= 4 is 39.7 Å². The van der Waals surface area contributed by atoms with Crippen LogP contribution in [0.3, 0.4) is 0 Å². The van der Waals surface area contributed by atoms with E-state index in [-0.39, 0.29) is 11.2 Å². The predicted octanol–water partition coefficient (Wildman–Crippen LogP) is 4.37. The number of benzene rings is 1. The molecule has 3 aromatic rings. The van der Waals surface area contributed by atoms with Crippen molar-refractivity contribution in [3.8, 4) is 10.7 Å². The van der Waals surface area contributed by atoms with Crippen molar-refractivity contribution in [3.05, 3.63) is 35.2 Å². The largest absolute Gasteiger partial charge is 0.480 e. The Hall–Kier alpha value is -2.79. The van der Waals surface area contributed by atoms with Gasteiger partial charge in [0.15, 0.2) is 11.2 Å². The molecular weight excluding hydrogens is 493 g/mol. The van der Waals surface area contributed by atoms with Gasteiger partial charge in [0, 0.05) is 31.6 Å². The SMILES string of the molecule is CC(C)(C)C(C(=O)O)n1nnc(-c2cnc(N3CCC4(CC3)CN(c3cc(F)ccc3Cl)C4)s2)n1. The maximum atomic E-state index is 13.7. The van der Waals surface area contributed by atoms with Crippen molar-refractivity contribution < 1.29 is 14.3 Å². The zero-order valence-corrected chi connectivity index (χ0v) is 21.4. The molecule has 0 saturated carbocycles. The van der Waals surface area contributed by atoms with Gasteiger partial charge in [0.25, 0.3) is 0 Å². The number of anilines is 2. The first kappa shape index (κ1) is 23.9. The fourth-order valence-electron chi connectivity index (χ4n) is 4.91. The quantitative estimate of drug-likeness (QED) is 0.530. The second kappa shape index (κ2) is 8.70. The molecule has 35 heavy (non-hydrogen) atoms. The molecule has 12 heteroatoms. The van der Waals surface area contributed by atoms with Crippen molar-refractivity contribution in [2.45, 2.75) is 39.7 Å². The number of tetrazole rings is 1. The van der Waals surface area contributed by atoms with Gasteiger partial charge >= 0.3 is 5.97 Å². The van der Waals surface area contributed by atoms with E-state index in [1.54, 1.807) is 12.3 Å². The minimum atomic E-state index is -0.997. The number of thiazole rings is 1. The summed E-state index contributed by atoms with van der Waals surface area (Å²) in [6.45, 7) is 8.99. The summed E-state index contributed by atoms with van der Waals surface area (Å²) in [6, 6.07) is 3.58. The van der Waals surface area contributed by atoms with Crippen LogP contribution in [0, 0.1) is 16.6 Å². The molecular formula is C23H27ClFN7O2S. The number of piperidine rings is 1. The summed E-state index contributed by atoms with van der Waals surface area (Å²) in [5.41, 5.74) is 0.417. The summed E-state index contributed by atoms with van der Waals surface area (Å²) in [5, 5.41) is 23.5. The Morgan fingerprint density at radius 3 is 2.60 bits per heavy atom. The van der Waals surface area contributed by atoms with Gasteiger partial charge in [-0.3, -0.25) is 0 Å². The fraction of sp³-hybridized carbons (Fsp3) is 0.522. The molecule has 2 saturated heterocycles. The molecule has 2 aromatic heterocycles. The van der Waals surface area contributed by atoms with Gasteiger partial charge in [0.2, 0.25) is 5.82 Å². The van der Waals surface area contributed by atoms with E-state index in [0.29, 0.717) is 10.8 Å². The summed E-state index contributed by atoms with van der Waals surface area (Å²) in [4.78, 5) is 22.7. The standard InChI is InChI=1S/C23H27ClFN7O2S/c1-22(2,3)18(20(33)34)32-28-19(27-29-32)17-11-26-21(35-17)30-8-6-23(7-9-30)12-31(13-23)16-10-14(25)4-5-15(16)24/h4-5,10-11,18H,6-9,12-13H2,1-3H3,(H,33,34). The van der Waals surface area contributed by atoms with E-state index in [1.807, 2.05) is 20.8 Å². The number of aliphatic carboxylic acids is 1. The molecule has 2 fully saturated rings. The summed E-state index contributed by atoms with van der Waals surface area (Å²) in [7, 11) is 0. The highest BCUT2D eigenvalue weighted by molar-refractivity contribution is 7.18. The lowest BCUT2D eigenvalue weighted by Gasteiger charge is -2.55. The van der Waals surface area contributed by atoms with Gasteiger partial charge < -0.3 is 14.9 Å². The van der Waals surface area contributed by atoms with Gasteiger partial charge in [-0.05, 0) is 41.7 Å².